The van der Waals surface area contributed by atoms with Crippen LogP contribution >= 0.6 is 0 Å². The molecule has 21 heavy (non-hydrogen) atoms. The molecule has 0 radical (unpaired) electrons. The number of nitrogens with zero attached hydrogens (tertiary/aromatic N) is 5. The molecule has 2 aromatic rings. The summed E-state index contributed by atoms with van der Waals surface area (Å²) in [7, 11) is 1.84. The van der Waals surface area contributed by atoms with Crippen molar-refractivity contribution in [2.24, 2.45) is 7.05 Å². The first-order valence-corrected chi connectivity index (χ1v) is 6.85. The number of carbonyl (C=O) groups excluding carboxylic acids is 1. The molecule has 0 aromatic carbocycles. The van der Waals surface area contributed by atoms with Gasteiger partial charge in [-0.2, -0.15) is 0 Å². The molecule has 0 unspecified atom stereocenters. The summed E-state index contributed by atoms with van der Waals surface area (Å²) < 4.78 is 13.8. The molecule has 114 valence electrons. The number of aromatic nitrogens is 5. The summed E-state index contributed by atoms with van der Waals surface area (Å²) in [6.45, 7) is 5.55. The minimum atomic E-state index is -0.502. The zero-order valence-electron chi connectivity index (χ0n) is 12.4. The Kier molecular flexibility index (Phi) is 5.04. The fourth-order valence-corrected chi connectivity index (χ4v) is 1.92. The average Bonchev–Trinajstić information content (AvgIpc) is 3.05. The maximum absolute atomic E-state index is 12.0. The highest BCUT2D eigenvalue weighted by atomic mass is 16.5. The fourth-order valence-electron chi connectivity index (χ4n) is 1.92. The highest BCUT2D eigenvalue weighted by Crippen LogP contribution is 2.20. The Morgan fingerprint density at radius 2 is 2.14 bits per heavy atom. The van der Waals surface area contributed by atoms with Gasteiger partial charge in [0.2, 0.25) is 5.69 Å². The van der Waals surface area contributed by atoms with E-state index >= 15 is 0 Å². The number of aryl methyl sites for hydroxylation is 1. The number of carbonyl (C=O) groups is 1. The van der Waals surface area contributed by atoms with Gasteiger partial charge in [-0.1, -0.05) is 5.21 Å². The van der Waals surface area contributed by atoms with Gasteiger partial charge >= 0.3 is 5.97 Å². The van der Waals surface area contributed by atoms with Gasteiger partial charge in [-0.25, -0.2) is 14.5 Å². The third kappa shape index (κ3) is 3.27. The summed E-state index contributed by atoms with van der Waals surface area (Å²) in [6.07, 6.45) is 3.45. The quantitative estimate of drug-likeness (QED) is 0.557. The largest absolute Gasteiger partial charge is 0.461 e. The van der Waals surface area contributed by atoms with Crippen molar-refractivity contribution >= 4 is 5.97 Å². The molecule has 8 heteroatoms. The van der Waals surface area contributed by atoms with Gasteiger partial charge in [-0.15, -0.1) is 5.10 Å². The molecule has 8 nitrogen and oxygen atoms in total. The Labute approximate surface area is 122 Å². The monoisotopic (exact) mass is 293 g/mol. The smallest absolute Gasteiger partial charge is 0.361 e. The lowest BCUT2D eigenvalue weighted by Crippen LogP contribution is -2.12. The normalized spacial score (nSPS) is 10.8. The Morgan fingerprint density at radius 1 is 1.33 bits per heavy atom. The molecular weight excluding hydrogens is 274 g/mol. The highest BCUT2D eigenvalue weighted by Gasteiger charge is 2.24. The first-order valence-electron chi connectivity index (χ1n) is 6.85. The van der Waals surface area contributed by atoms with Crippen LogP contribution in [0.25, 0.3) is 11.5 Å². The van der Waals surface area contributed by atoms with Crippen molar-refractivity contribution < 1.29 is 14.3 Å². The number of hydrogen-bond acceptors (Lipinski definition) is 6. The van der Waals surface area contributed by atoms with Crippen LogP contribution in [-0.4, -0.2) is 50.3 Å². The van der Waals surface area contributed by atoms with Crippen LogP contribution in [0.4, 0.5) is 0 Å². The maximum atomic E-state index is 12.0. The molecule has 2 aromatic heterocycles. The molecule has 0 N–H and O–H groups in total. The van der Waals surface area contributed by atoms with Crippen LogP contribution in [-0.2, 0) is 23.1 Å². The summed E-state index contributed by atoms with van der Waals surface area (Å²) in [5, 5.41) is 7.96. The van der Waals surface area contributed by atoms with Crippen molar-refractivity contribution in [2.45, 2.75) is 20.4 Å². The van der Waals surface area contributed by atoms with E-state index in [4.69, 9.17) is 9.47 Å². The molecule has 0 aliphatic rings. The van der Waals surface area contributed by atoms with Crippen molar-refractivity contribution in [2.75, 3.05) is 19.8 Å². The topological polar surface area (TPSA) is 84.1 Å². The zero-order valence-corrected chi connectivity index (χ0v) is 12.4. The molecule has 0 bridgehead atoms. The van der Waals surface area contributed by atoms with E-state index in [-0.39, 0.29) is 12.3 Å². The highest BCUT2D eigenvalue weighted by molar-refractivity contribution is 5.93. The van der Waals surface area contributed by atoms with Gasteiger partial charge in [-0.3, -0.25) is 0 Å². The third-order valence-electron chi connectivity index (χ3n) is 2.89. The zero-order chi connectivity index (χ0) is 15.2. The molecule has 0 saturated carbocycles. The first kappa shape index (κ1) is 15.2. The van der Waals surface area contributed by atoms with E-state index in [9.17, 15) is 4.79 Å². The molecule has 0 spiro atoms. The second-order valence-electron chi connectivity index (χ2n) is 4.29. The molecule has 0 saturated heterocycles. The number of ether oxygens (including phenoxy) is 2. The van der Waals surface area contributed by atoms with E-state index in [2.05, 4.69) is 15.3 Å². The Morgan fingerprint density at radius 3 is 2.76 bits per heavy atom. The maximum Gasteiger partial charge on any atom is 0.361 e. The molecule has 0 aliphatic heterocycles. The number of imidazole rings is 1. The molecule has 0 atom stereocenters. The van der Waals surface area contributed by atoms with Gasteiger partial charge in [0.05, 0.1) is 19.8 Å². The third-order valence-corrected chi connectivity index (χ3v) is 2.89. The minimum Gasteiger partial charge on any atom is -0.461 e. The van der Waals surface area contributed by atoms with Crippen LogP contribution in [0, 0.1) is 0 Å². The van der Waals surface area contributed by atoms with Gasteiger partial charge in [0, 0.05) is 26.0 Å². The van der Waals surface area contributed by atoms with E-state index in [0.717, 1.165) is 0 Å². The summed E-state index contributed by atoms with van der Waals surface area (Å²) in [6, 6.07) is 0. The van der Waals surface area contributed by atoms with Gasteiger partial charge in [0.15, 0.2) is 5.82 Å². The molecule has 0 fully saturated rings. The minimum absolute atomic E-state index is 0.169. The van der Waals surface area contributed by atoms with Crippen molar-refractivity contribution in [1.82, 2.24) is 24.5 Å². The second kappa shape index (κ2) is 6.98. The lowest BCUT2D eigenvalue weighted by molar-refractivity contribution is 0.0520. The van der Waals surface area contributed by atoms with Gasteiger partial charge in [0.1, 0.15) is 5.69 Å². The lowest BCUT2D eigenvalue weighted by Gasteiger charge is -2.08. The lowest BCUT2D eigenvalue weighted by atomic mass is 10.3. The van der Waals surface area contributed by atoms with E-state index in [1.165, 1.54) is 0 Å². The standard InChI is InChI=1S/C13H19N5O3/c1-4-20-9-8-18-11(12-14-6-7-17(12)3)10(15-16-18)13(19)21-5-2/h6-7H,4-5,8-9H2,1-3H3. The molecule has 0 aliphatic carbocycles. The van der Waals surface area contributed by atoms with Crippen LogP contribution in [0.5, 0.6) is 0 Å². The van der Waals surface area contributed by atoms with Crippen LogP contribution < -0.4 is 0 Å². The van der Waals surface area contributed by atoms with Crippen molar-refractivity contribution in [3.8, 4) is 11.5 Å². The van der Waals surface area contributed by atoms with E-state index in [0.29, 0.717) is 31.3 Å². The molecule has 2 heterocycles. The number of esters is 1. The van der Waals surface area contributed by atoms with Crippen molar-refractivity contribution in [3.05, 3.63) is 18.1 Å². The van der Waals surface area contributed by atoms with Gasteiger partial charge in [-0.05, 0) is 13.8 Å². The first-order chi connectivity index (χ1) is 10.2. The summed E-state index contributed by atoms with van der Waals surface area (Å²) >= 11 is 0. The molecular formula is C13H19N5O3. The molecule has 0 amide bonds. The van der Waals surface area contributed by atoms with E-state index < -0.39 is 5.97 Å². The second-order valence-corrected chi connectivity index (χ2v) is 4.29. The van der Waals surface area contributed by atoms with Gasteiger partial charge < -0.3 is 14.0 Å². The van der Waals surface area contributed by atoms with Gasteiger partial charge in [0.25, 0.3) is 0 Å². The summed E-state index contributed by atoms with van der Waals surface area (Å²) in [4.78, 5) is 16.3. The Hall–Kier alpha value is -2.22. The number of rotatable bonds is 7. The Balaban J connectivity index is 2.38. The van der Waals surface area contributed by atoms with Crippen LogP contribution in [0.15, 0.2) is 12.4 Å². The SMILES string of the molecule is CCOCCn1nnc(C(=O)OCC)c1-c1nccn1C. The predicted octanol–water partition coefficient (Wildman–Crippen LogP) is 0.892. The van der Waals surface area contributed by atoms with E-state index in [1.807, 2.05) is 14.0 Å². The van der Waals surface area contributed by atoms with Crippen molar-refractivity contribution in [3.63, 3.8) is 0 Å². The summed E-state index contributed by atoms with van der Waals surface area (Å²) in [5.41, 5.74) is 0.711. The Bertz CT molecular complexity index is 605. The fraction of sp³-hybridized carbons (Fsp3) is 0.538. The van der Waals surface area contributed by atoms with Crippen LogP contribution in [0.2, 0.25) is 0 Å². The van der Waals surface area contributed by atoms with Crippen molar-refractivity contribution in [1.29, 1.82) is 0 Å². The summed E-state index contributed by atoms with van der Waals surface area (Å²) in [5.74, 6) is 0.109. The molecule has 2 rings (SSSR count). The van der Waals surface area contributed by atoms with Crippen LogP contribution in [0.1, 0.15) is 24.3 Å². The van der Waals surface area contributed by atoms with Crippen LogP contribution in [0.3, 0.4) is 0 Å². The predicted molar refractivity (Wildman–Crippen MR) is 74.7 cm³/mol. The van der Waals surface area contributed by atoms with E-state index in [1.54, 1.807) is 28.6 Å². The number of hydrogen-bond donors (Lipinski definition) is 0. The average molecular weight is 293 g/mol.